The highest BCUT2D eigenvalue weighted by molar-refractivity contribution is 6.88. The lowest BCUT2D eigenvalue weighted by atomic mass is 10.2. The van der Waals surface area contributed by atoms with Gasteiger partial charge in [-0.25, -0.2) is 0 Å². The third kappa shape index (κ3) is 3.20. The van der Waals surface area contributed by atoms with Gasteiger partial charge in [0.05, 0.1) is 14.3 Å². The summed E-state index contributed by atoms with van der Waals surface area (Å²) >= 11 is 0. The van der Waals surface area contributed by atoms with Crippen LogP contribution in [-0.4, -0.2) is 8.07 Å². The van der Waals surface area contributed by atoms with Crippen molar-refractivity contribution in [1.29, 1.82) is 0 Å². The SMILES string of the molecule is C[Si](C)(C)c1coc(/C=C/c2ccccc2)c1. The van der Waals surface area contributed by atoms with Crippen LogP contribution in [0.4, 0.5) is 0 Å². The van der Waals surface area contributed by atoms with Gasteiger partial charge in [0.2, 0.25) is 0 Å². The minimum absolute atomic E-state index is 0.936. The van der Waals surface area contributed by atoms with Gasteiger partial charge < -0.3 is 4.42 Å². The van der Waals surface area contributed by atoms with E-state index in [2.05, 4.69) is 43.9 Å². The van der Waals surface area contributed by atoms with E-state index in [4.69, 9.17) is 4.42 Å². The summed E-state index contributed by atoms with van der Waals surface area (Å²) in [6.45, 7) is 6.97. The van der Waals surface area contributed by atoms with Crippen molar-refractivity contribution in [1.82, 2.24) is 0 Å². The highest BCUT2D eigenvalue weighted by Crippen LogP contribution is 2.10. The first kappa shape index (κ1) is 11.9. The molecule has 0 saturated carbocycles. The van der Waals surface area contributed by atoms with Crippen LogP contribution in [0, 0.1) is 0 Å². The second-order valence-electron chi connectivity index (χ2n) is 5.23. The van der Waals surface area contributed by atoms with Crippen molar-refractivity contribution in [2.45, 2.75) is 19.6 Å². The molecule has 17 heavy (non-hydrogen) atoms. The molecule has 0 spiro atoms. The van der Waals surface area contributed by atoms with E-state index in [0.29, 0.717) is 0 Å². The average molecular weight is 242 g/mol. The van der Waals surface area contributed by atoms with Crippen LogP contribution in [0.15, 0.2) is 47.1 Å². The maximum absolute atomic E-state index is 5.56. The molecule has 0 saturated heterocycles. The largest absolute Gasteiger partial charge is 0.465 e. The van der Waals surface area contributed by atoms with Crippen LogP contribution in [0.5, 0.6) is 0 Å². The van der Waals surface area contributed by atoms with Gasteiger partial charge in [-0.3, -0.25) is 0 Å². The zero-order valence-corrected chi connectivity index (χ0v) is 11.6. The Kier molecular flexibility index (Phi) is 3.34. The van der Waals surface area contributed by atoms with E-state index in [0.717, 1.165) is 5.76 Å². The predicted molar refractivity (Wildman–Crippen MR) is 77.1 cm³/mol. The number of rotatable bonds is 3. The van der Waals surface area contributed by atoms with Gasteiger partial charge in [-0.1, -0.05) is 56.0 Å². The lowest BCUT2D eigenvalue weighted by molar-refractivity contribution is 0.559. The minimum atomic E-state index is -1.25. The summed E-state index contributed by atoms with van der Waals surface area (Å²) in [5, 5.41) is 1.37. The van der Waals surface area contributed by atoms with Gasteiger partial charge in [0, 0.05) is 0 Å². The molecule has 1 heterocycles. The second-order valence-corrected chi connectivity index (χ2v) is 10.3. The quantitative estimate of drug-likeness (QED) is 0.742. The Morgan fingerprint density at radius 2 is 1.71 bits per heavy atom. The molecule has 0 radical (unpaired) electrons. The Balaban J connectivity index is 2.15. The summed E-state index contributed by atoms with van der Waals surface area (Å²) in [7, 11) is -1.25. The number of benzene rings is 1. The first-order chi connectivity index (χ1) is 8.05. The van der Waals surface area contributed by atoms with E-state index in [1.165, 1.54) is 10.8 Å². The van der Waals surface area contributed by atoms with Gasteiger partial charge in [-0.2, -0.15) is 0 Å². The normalized spacial score (nSPS) is 12.2. The maximum Gasteiger partial charge on any atom is 0.126 e. The Labute approximate surface area is 104 Å². The summed E-state index contributed by atoms with van der Waals surface area (Å²) < 4.78 is 5.56. The van der Waals surface area contributed by atoms with Crippen LogP contribution < -0.4 is 5.19 Å². The Morgan fingerprint density at radius 3 is 2.29 bits per heavy atom. The summed E-state index contributed by atoms with van der Waals surface area (Å²) in [5.41, 5.74) is 1.19. The third-order valence-electron chi connectivity index (χ3n) is 2.73. The average Bonchev–Trinajstić information content (AvgIpc) is 2.76. The van der Waals surface area contributed by atoms with Gasteiger partial charge in [-0.15, -0.1) is 0 Å². The fourth-order valence-corrected chi connectivity index (χ4v) is 2.56. The van der Waals surface area contributed by atoms with E-state index in [1.54, 1.807) is 0 Å². The van der Waals surface area contributed by atoms with Crippen molar-refractivity contribution in [2.75, 3.05) is 0 Å². The standard InChI is InChI=1S/C15H18OSi/c1-17(2,3)15-11-14(16-12-15)10-9-13-7-5-4-6-8-13/h4-12H,1-3H3/b10-9+. The Morgan fingerprint density at radius 1 is 1.00 bits per heavy atom. The predicted octanol–water partition coefficient (Wildman–Crippen LogP) is 4.00. The van der Waals surface area contributed by atoms with Gasteiger partial charge in [0.1, 0.15) is 5.76 Å². The molecule has 0 unspecified atom stereocenters. The highest BCUT2D eigenvalue weighted by atomic mass is 28.3. The second kappa shape index (κ2) is 4.76. The summed E-state index contributed by atoms with van der Waals surface area (Å²) in [4.78, 5) is 0. The molecule has 1 nitrogen and oxygen atoms in total. The van der Waals surface area contributed by atoms with E-state index >= 15 is 0 Å². The molecular weight excluding hydrogens is 224 g/mol. The van der Waals surface area contributed by atoms with Crippen molar-refractivity contribution in [2.24, 2.45) is 0 Å². The van der Waals surface area contributed by atoms with E-state index in [1.807, 2.05) is 30.5 Å². The van der Waals surface area contributed by atoms with Gasteiger partial charge in [-0.05, 0) is 22.9 Å². The fraction of sp³-hybridized carbons (Fsp3) is 0.200. The van der Waals surface area contributed by atoms with E-state index in [9.17, 15) is 0 Å². The number of furan rings is 1. The molecule has 0 bridgehead atoms. The zero-order chi connectivity index (χ0) is 12.3. The van der Waals surface area contributed by atoms with Crippen molar-refractivity contribution < 1.29 is 4.42 Å². The first-order valence-corrected chi connectivity index (χ1v) is 9.38. The first-order valence-electron chi connectivity index (χ1n) is 5.88. The van der Waals surface area contributed by atoms with Crippen molar-refractivity contribution >= 4 is 25.4 Å². The summed E-state index contributed by atoms with van der Waals surface area (Å²) in [6, 6.07) is 12.4. The summed E-state index contributed by atoms with van der Waals surface area (Å²) in [6.07, 6.45) is 6.00. The number of hydrogen-bond acceptors (Lipinski definition) is 1. The molecule has 1 aromatic heterocycles. The molecule has 2 aromatic rings. The van der Waals surface area contributed by atoms with Gasteiger partial charge in [0.15, 0.2) is 0 Å². The van der Waals surface area contributed by atoms with Crippen molar-refractivity contribution in [3.63, 3.8) is 0 Å². The van der Waals surface area contributed by atoms with Gasteiger partial charge in [0.25, 0.3) is 0 Å². The molecule has 0 N–H and O–H groups in total. The smallest absolute Gasteiger partial charge is 0.126 e. The van der Waals surface area contributed by atoms with Crippen molar-refractivity contribution in [3.8, 4) is 0 Å². The molecule has 0 fully saturated rings. The molecule has 1 aromatic carbocycles. The van der Waals surface area contributed by atoms with Crippen LogP contribution in [0.3, 0.4) is 0 Å². The van der Waals surface area contributed by atoms with Crippen molar-refractivity contribution in [3.05, 3.63) is 54.0 Å². The lowest BCUT2D eigenvalue weighted by Gasteiger charge is -2.11. The molecule has 2 rings (SSSR count). The molecule has 0 atom stereocenters. The summed E-state index contributed by atoms with van der Waals surface area (Å²) in [5.74, 6) is 0.936. The van der Waals surface area contributed by atoms with E-state index in [-0.39, 0.29) is 0 Å². The fourth-order valence-electron chi connectivity index (χ4n) is 1.58. The van der Waals surface area contributed by atoms with E-state index < -0.39 is 8.07 Å². The van der Waals surface area contributed by atoms with Gasteiger partial charge >= 0.3 is 0 Å². The highest BCUT2D eigenvalue weighted by Gasteiger charge is 2.18. The molecule has 88 valence electrons. The topological polar surface area (TPSA) is 13.1 Å². The molecule has 0 aliphatic carbocycles. The molecule has 0 aliphatic rings. The molecule has 0 aliphatic heterocycles. The molecule has 2 heteroatoms. The van der Waals surface area contributed by atoms with Crippen LogP contribution >= 0.6 is 0 Å². The number of hydrogen-bond donors (Lipinski definition) is 0. The monoisotopic (exact) mass is 242 g/mol. The van der Waals surface area contributed by atoms with Crippen LogP contribution in [0.1, 0.15) is 11.3 Å². The third-order valence-corrected chi connectivity index (χ3v) is 4.72. The zero-order valence-electron chi connectivity index (χ0n) is 10.6. The Bertz CT molecular complexity index is 503. The van der Waals surface area contributed by atoms with Crippen LogP contribution in [0.25, 0.3) is 12.2 Å². The van der Waals surface area contributed by atoms with Crippen LogP contribution in [0.2, 0.25) is 19.6 Å². The minimum Gasteiger partial charge on any atom is -0.465 e. The Hall–Kier alpha value is -1.54. The van der Waals surface area contributed by atoms with Crippen LogP contribution in [-0.2, 0) is 0 Å². The molecule has 0 amide bonds. The lowest BCUT2D eigenvalue weighted by Crippen LogP contribution is -2.36. The molecular formula is C15H18OSi. The maximum atomic E-state index is 5.56.